The Morgan fingerprint density at radius 2 is 2.17 bits per heavy atom. The Morgan fingerprint density at radius 1 is 1.33 bits per heavy atom. The molecule has 0 radical (unpaired) electrons. The van der Waals surface area contributed by atoms with E-state index in [2.05, 4.69) is 26.7 Å². The first kappa shape index (κ1) is 15.8. The van der Waals surface area contributed by atoms with Crippen LogP contribution < -0.4 is 10.1 Å². The molecule has 124 valence electrons. The smallest absolute Gasteiger partial charge is 0.271 e. The lowest BCUT2D eigenvalue weighted by Gasteiger charge is -2.16. The molecule has 0 fully saturated rings. The lowest BCUT2D eigenvalue weighted by molar-refractivity contribution is 0.0957. The molecule has 1 aromatic carbocycles. The summed E-state index contributed by atoms with van der Waals surface area (Å²) in [5.74, 6) is 0.293. The van der Waals surface area contributed by atoms with Gasteiger partial charge in [-0.2, -0.15) is 10.2 Å². The first-order chi connectivity index (χ1) is 11.6. The fourth-order valence-corrected chi connectivity index (χ4v) is 2.57. The van der Waals surface area contributed by atoms with Crippen molar-refractivity contribution in [1.29, 1.82) is 0 Å². The van der Waals surface area contributed by atoms with Gasteiger partial charge in [-0.3, -0.25) is 9.89 Å². The monoisotopic (exact) mass is 325 g/mol. The molecule has 1 amide bonds. The topological polar surface area (TPSA) is 84.8 Å². The minimum absolute atomic E-state index is 0.0924. The van der Waals surface area contributed by atoms with E-state index in [1.165, 1.54) is 0 Å². The van der Waals surface area contributed by atoms with Crippen LogP contribution in [0.1, 0.15) is 29.0 Å². The highest BCUT2D eigenvalue weighted by Crippen LogP contribution is 2.27. The third-order valence-corrected chi connectivity index (χ3v) is 3.94. The van der Waals surface area contributed by atoms with Gasteiger partial charge in [-0.05, 0) is 24.1 Å². The normalized spacial score (nSPS) is 12.0. The highest BCUT2D eigenvalue weighted by molar-refractivity contribution is 5.92. The van der Waals surface area contributed by atoms with Crippen LogP contribution in [0.15, 0.2) is 42.7 Å². The summed E-state index contributed by atoms with van der Waals surface area (Å²) in [5.41, 5.74) is 3.46. The number of nitrogens with zero attached hydrogens (tertiary/aromatic N) is 3. The SMILES string of the molecule is CNC(=O)c1cc(OC)n(C(C)c2cccc(-c3cn[nH]c3)c2)n1. The molecular weight excluding hydrogens is 306 g/mol. The van der Waals surface area contributed by atoms with Crippen LogP contribution in [0.25, 0.3) is 11.1 Å². The Labute approximate surface area is 139 Å². The van der Waals surface area contributed by atoms with Crippen molar-refractivity contribution in [3.63, 3.8) is 0 Å². The zero-order valence-electron chi connectivity index (χ0n) is 13.8. The number of aromatic amines is 1. The highest BCUT2D eigenvalue weighted by atomic mass is 16.5. The molecule has 24 heavy (non-hydrogen) atoms. The Kier molecular flexibility index (Phi) is 4.33. The van der Waals surface area contributed by atoms with Crippen molar-refractivity contribution in [2.45, 2.75) is 13.0 Å². The first-order valence-electron chi connectivity index (χ1n) is 7.58. The predicted molar refractivity (Wildman–Crippen MR) is 90.0 cm³/mol. The van der Waals surface area contributed by atoms with Crippen LogP contribution in [0.4, 0.5) is 0 Å². The van der Waals surface area contributed by atoms with Crippen LogP contribution >= 0.6 is 0 Å². The average molecular weight is 325 g/mol. The van der Waals surface area contributed by atoms with E-state index in [4.69, 9.17) is 4.74 Å². The summed E-state index contributed by atoms with van der Waals surface area (Å²) in [7, 11) is 3.14. The van der Waals surface area contributed by atoms with Crippen molar-refractivity contribution < 1.29 is 9.53 Å². The van der Waals surface area contributed by atoms with Gasteiger partial charge in [0.25, 0.3) is 5.91 Å². The van der Waals surface area contributed by atoms with Gasteiger partial charge in [0.2, 0.25) is 5.88 Å². The van der Waals surface area contributed by atoms with Gasteiger partial charge >= 0.3 is 0 Å². The van der Waals surface area contributed by atoms with Gasteiger partial charge in [0.05, 0.1) is 19.3 Å². The molecule has 0 saturated carbocycles. The lowest BCUT2D eigenvalue weighted by Crippen LogP contribution is -2.19. The molecule has 7 heteroatoms. The summed E-state index contributed by atoms with van der Waals surface area (Å²) in [5, 5.41) is 13.8. The highest BCUT2D eigenvalue weighted by Gasteiger charge is 2.19. The van der Waals surface area contributed by atoms with Gasteiger partial charge in [0, 0.05) is 24.9 Å². The van der Waals surface area contributed by atoms with Gasteiger partial charge < -0.3 is 10.1 Å². The largest absolute Gasteiger partial charge is 0.481 e. The van der Waals surface area contributed by atoms with E-state index in [-0.39, 0.29) is 11.9 Å². The molecule has 3 aromatic rings. The van der Waals surface area contributed by atoms with Crippen LogP contribution in [-0.2, 0) is 0 Å². The number of carbonyl (C=O) groups is 1. The summed E-state index contributed by atoms with van der Waals surface area (Å²) in [6.45, 7) is 2.01. The predicted octanol–water partition coefficient (Wildman–Crippen LogP) is 2.25. The Bertz CT molecular complexity index is 839. The number of H-pyrrole nitrogens is 1. The van der Waals surface area contributed by atoms with E-state index in [9.17, 15) is 4.79 Å². The van der Waals surface area contributed by atoms with Gasteiger partial charge in [0.15, 0.2) is 5.69 Å². The Hall–Kier alpha value is -3.09. The second kappa shape index (κ2) is 6.57. The number of benzene rings is 1. The average Bonchev–Trinajstić information content (AvgIpc) is 3.30. The molecule has 0 aliphatic heterocycles. The molecule has 2 heterocycles. The number of hydrogen-bond acceptors (Lipinski definition) is 4. The summed E-state index contributed by atoms with van der Waals surface area (Å²) in [4.78, 5) is 11.8. The standard InChI is InChI=1S/C17H19N5O2/c1-11(22-16(24-3)8-15(21-22)17(23)18-2)12-5-4-6-13(7-12)14-9-19-20-10-14/h4-11H,1-3H3,(H,18,23)(H,19,20). The summed E-state index contributed by atoms with van der Waals surface area (Å²) in [6.07, 6.45) is 3.63. The maximum Gasteiger partial charge on any atom is 0.271 e. The minimum Gasteiger partial charge on any atom is -0.481 e. The van der Waals surface area contributed by atoms with Crippen LogP contribution in [0, 0.1) is 0 Å². The molecule has 0 aliphatic rings. The Morgan fingerprint density at radius 3 is 2.83 bits per heavy atom. The van der Waals surface area contributed by atoms with E-state index in [1.807, 2.05) is 31.3 Å². The summed E-state index contributed by atoms with van der Waals surface area (Å²) < 4.78 is 7.08. The zero-order valence-corrected chi connectivity index (χ0v) is 13.8. The van der Waals surface area contributed by atoms with E-state index < -0.39 is 0 Å². The zero-order chi connectivity index (χ0) is 17.1. The lowest BCUT2D eigenvalue weighted by atomic mass is 10.0. The van der Waals surface area contributed by atoms with Crippen molar-refractivity contribution in [3.8, 4) is 17.0 Å². The van der Waals surface area contributed by atoms with E-state index >= 15 is 0 Å². The van der Waals surface area contributed by atoms with E-state index in [1.54, 1.807) is 31.1 Å². The second-order valence-corrected chi connectivity index (χ2v) is 5.38. The molecule has 3 rings (SSSR count). The van der Waals surface area contributed by atoms with Gasteiger partial charge in [-0.15, -0.1) is 0 Å². The molecular formula is C17H19N5O2. The van der Waals surface area contributed by atoms with Crippen LogP contribution in [0.5, 0.6) is 5.88 Å². The van der Waals surface area contributed by atoms with Crippen LogP contribution in [0.3, 0.4) is 0 Å². The van der Waals surface area contributed by atoms with Crippen molar-refractivity contribution in [1.82, 2.24) is 25.3 Å². The van der Waals surface area contributed by atoms with E-state index in [0.29, 0.717) is 11.6 Å². The molecule has 2 aromatic heterocycles. The maximum atomic E-state index is 11.8. The quantitative estimate of drug-likeness (QED) is 0.753. The van der Waals surface area contributed by atoms with Crippen molar-refractivity contribution in [2.75, 3.05) is 14.2 Å². The van der Waals surface area contributed by atoms with Gasteiger partial charge in [0.1, 0.15) is 0 Å². The number of methoxy groups -OCH3 is 1. The molecule has 0 aliphatic carbocycles. The third kappa shape index (κ3) is 2.88. The maximum absolute atomic E-state index is 11.8. The van der Waals surface area contributed by atoms with Crippen molar-refractivity contribution in [2.24, 2.45) is 0 Å². The number of rotatable bonds is 5. The Balaban J connectivity index is 1.97. The first-order valence-corrected chi connectivity index (χ1v) is 7.58. The van der Waals surface area contributed by atoms with Crippen molar-refractivity contribution in [3.05, 3.63) is 54.0 Å². The number of ether oxygens (including phenoxy) is 1. The third-order valence-electron chi connectivity index (χ3n) is 3.94. The second-order valence-electron chi connectivity index (χ2n) is 5.38. The number of carbonyl (C=O) groups excluding carboxylic acids is 1. The fourth-order valence-electron chi connectivity index (χ4n) is 2.57. The van der Waals surface area contributed by atoms with Crippen molar-refractivity contribution >= 4 is 5.91 Å². The van der Waals surface area contributed by atoms with Crippen LogP contribution in [0.2, 0.25) is 0 Å². The van der Waals surface area contributed by atoms with Gasteiger partial charge in [-0.1, -0.05) is 18.2 Å². The summed E-state index contributed by atoms with van der Waals surface area (Å²) >= 11 is 0. The molecule has 0 spiro atoms. The van der Waals surface area contributed by atoms with Crippen LogP contribution in [-0.4, -0.2) is 40.0 Å². The van der Waals surface area contributed by atoms with Gasteiger partial charge in [-0.25, -0.2) is 4.68 Å². The molecule has 2 N–H and O–H groups in total. The number of amides is 1. The molecule has 0 saturated heterocycles. The molecule has 0 bridgehead atoms. The molecule has 1 atom stereocenters. The fraction of sp³-hybridized carbons (Fsp3) is 0.235. The number of aromatic nitrogens is 4. The molecule has 7 nitrogen and oxygen atoms in total. The number of hydrogen-bond donors (Lipinski definition) is 2. The molecule has 1 unspecified atom stereocenters. The van der Waals surface area contributed by atoms with E-state index in [0.717, 1.165) is 16.7 Å². The summed E-state index contributed by atoms with van der Waals surface area (Å²) in [6, 6.07) is 9.66. The minimum atomic E-state index is -0.244. The number of nitrogens with one attached hydrogen (secondary N) is 2.